The molecule has 0 spiro atoms. The van der Waals surface area contributed by atoms with Crippen LogP contribution >= 0.6 is 11.6 Å². The number of benzene rings is 3. The van der Waals surface area contributed by atoms with Crippen LogP contribution in [0.15, 0.2) is 77.6 Å². The van der Waals surface area contributed by atoms with Crippen molar-refractivity contribution in [3.05, 3.63) is 93.7 Å². The quantitative estimate of drug-likeness (QED) is 0.538. The minimum Gasteiger partial charge on any atom is -0.324 e. The van der Waals surface area contributed by atoms with Gasteiger partial charge in [0.05, 0.1) is 5.69 Å². The van der Waals surface area contributed by atoms with Crippen molar-refractivity contribution in [1.82, 2.24) is 9.78 Å². The molecule has 1 N–H and O–H groups in total. The van der Waals surface area contributed by atoms with Gasteiger partial charge in [-0.1, -0.05) is 54.1 Å². The third-order valence-electron chi connectivity index (χ3n) is 4.66. The van der Waals surface area contributed by atoms with Crippen LogP contribution in [0.5, 0.6) is 0 Å². The fourth-order valence-corrected chi connectivity index (χ4v) is 3.25. The maximum absolute atomic E-state index is 12.4. The molecule has 0 saturated carbocycles. The van der Waals surface area contributed by atoms with Crippen molar-refractivity contribution in [3.8, 4) is 11.3 Å². The Balaban J connectivity index is 1.58. The van der Waals surface area contributed by atoms with E-state index in [4.69, 9.17) is 11.6 Å². The van der Waals surface area contributed by atoms with Crippen LogP contribution in [0.1, 0.15) is 5.56 Å². The van der Waals surface area contributed by atoms with Crippen molar-refractivity contribution in [2.45, 2.75) is 13.5 Å². The average molecular weight is 404 g/mol. The van der Waals surface area contributed by atoms with Gasteiger partial charge in [0, 0.05) is 22.3 Å². The number of nitrogens with one attached hydrogen (secondary N) is 1. The fraction of sp³-hybridized carbons (Fsp3) is 0.0870. The molecule has 0 unspecified atom stereocenters. The third-order valence-corrected chi connectivity index (χ3v) is 5.07. The summed E-state index contributed by atoms with van der Waals surface area (Å²) in [5, 5.41) is 9.90. The lowest BCUT2D eigenvalue weighted by molar-refractivity contribution is -0.117. The van der Waals surface area contributed by atoms with E-state index in [1.807, 2.05) is 55.5 Å². The Morgan fingerprint density at radius 1 is 1.00 bits per heavy atom. The second-order valence-electron chi connectivity index (χ2n) is 6.79. The molecule has 1 amide bonds. The van der Waals surface area contributed by atoms with Crippen LogP contribution in [0, 0.1) is 6.92 Å². The van der Waals surface area contributed by atoms with Gasteiger partial charge in [-0.3, -0.25) is 9.59 Å². The highest BCUT2D eigenvalue weighted by Gasteiger charge is 2.10. The van der Waals surface area contributed by atoms with Crippen LogP contribution in [0.4, 0.5) is 5.69 Å². The number of rotatable bonds is 4. The lowest BCUT2D eigenvalue weighted by Gasteiger charge is -2.09. The molecule has 0 radical (unpaired) electrons. The molecule has 0 bridgehead atoms. The van der Waals surface area contributed by atoms with E-state index >= 15 is 0 Å². The smallest absolute Gasteiger partial charge is 0.267 e. The largest absolute Gasteiger partial charge is 0.324 e. The second kappa shape index (κ2) is 7.89. The number of anilines is 1. The number of aryl methyl sites for hydroxylation is 1. The van der Waals surface area contributed by atoms with Gasteiger partial charge in [-0.25, -0.2) is 4.68 Å². The molecule has 29 heavy (non-hydrogen) atoms. The first-order chi connectivity index (χ1) is 14.0. The molecule has 0 saturated heterocycles. The molecule has 144 valence electrons. The summed E-state index contributed by atoms with van der Waals surface area (Å²) in [4.78, 5) is 24.6. The highest BCUT2D eigenvalue weighted by atomic mass is 35.5. The zero-order valence-electron chi connectivity index (χ0n) is 15.7. The standard InChI is InChI=1S/C23H18ClN3O2/c1-15-6-9-19(13-20(15)24)25-22(28)14-27-23(29)11-10-21(26-27)18-8-7-16-4-2-3-5-17(16)12-18/h2-13H,14H2,1H3,(H,25,28). The Morgan fingerprint density at radius 2 is 1.79 bits per heavy atom. The monoisotopic (exact) mass is 403 g/mol. The SMILES string of the molecule is Cc1ccc(NC(=O)Cn2nc(-c3ccc4ccccc4c3)ccc2=O)cc1Cl. The number of halogens is 1. The summed E-state index contributed by atoms with van der Waals surface area (Å²) in [5.41, 5.74) is 2.66. The van der Waals surface area contributed by atoms with Crippen molar-refractivity contribution in [1.29, 1.82) is 0 Å². The van der Waals surface area contributed by atoms with E-state index in [2.05, 4.69) is 10.4 Å². The first-order valence-electron chi connectivity index (χ1n) is 9.13. The molecule has 1 heterocycles. The zero-order valence-corrected chi connectivity index (χ0v) is 16.5. The van der Waals surface area contributed by atoms with Gasteiger partial charge in [0.15, 0.2) is 0 Å². The minimum atomic E-state index is -0.352. The number of amides is 1. The minimum absolute atomic E-state index is 0.189. The van der Waals surface area contributed by atoms with Gasteiger partial charge in [-0.15, -0.1) is 0 Å². The number of hydrogen-bond donors (Lipinski definition) is 1. The summed E-state index contributed by atoms with van der Waals surface area (Å²) < 4.78 is 1.16. The van der Waals surface area contributed by atoms with Gasteiger partial charge >= 0.3 is 0 Å². The number of carbonyl (C=O) groups is 1. The molecule has 3 aromatic carbocycles. The van der Waals surface area contributed by atoms with Crippen molar-refractivity contribution in [3.63, 3.8) is 0 Å². The number of carbonyl (C=O) groups excluding carboxylic acids is 1. The predicted molar refractivity (Wildman–Crippen MR) is 116 cm³/mol. The van der Waals surface area contributed by atoms with Crippen LogP contribution in [0.3, 0.4) is 0 Å². The number of nitrogens with zero attached hydrogens (tertiary/aromatic N) is 2. The molecule has 0 aliphatic heterocycles. The summed E-state index contributed by atoms with van der Waals surface area (Å²) in [6, 6.07) is 22.4. The fourth-order valence-electron chi connectivity index (χ4n) is 3.07. The maximum Gasteiger partial charge on any atom is 0.267 e. The van der Waals surface area contributed by atoms with Gasteiger partial charge in [-0.05, 0) is 47.5 Å². The summed E-state index contributed by atoms with van der Waals surface area (Å²) in [6.07, 6.45) is 0. The lowest BCUT2D eigenvalue weighted by atomic mass is 10.1. The van der Waals surface area contributed by atoms with E-state index in [-0.39, 0.29) is 18.0 Å². The number of aromatic nitrogens is 2. The molecule has 0 fully saturated rings. The summed E-state index contributed by atoms with van der Waals surface area (Å²) >= 11 is 6.09. The Labute approximate surface area is 172 Å². The molecular formula is C23H18ClN3O2. The second-order valence-corrected chi connectivity index (χ2v) is 7.20. The molecule has 1 aromatic heterocycles. The lowest BCUT2D eigenvalue weighted by Crippen LogP contribution is -2.29. The first kappa shape index (κ1) is 18.9. The highest BCUT2D eigenvalue weighted by molar-refractivity contribution is 6.31. The topological polar surface area (TPSA) is 64.0 Å². The highest BCUT2D eigenvalue weighted by Crippen LogP contribution is 2.22. The maximum atomic E-state index is 12.4. The Kier molecular flexibility index (Phi) is 5.14. The summed E-state index contributed by atoms with van der Waals surface area (Å²) in [7, 11) is 0. The molecule has 4 rings (SSSR count). The van der Waals surface area contributed by atoms with Crippen LogP contribution in [-0.2, 0) is 11.3 Å². The van der Waals surface area contributed by atoms with Gasteiger partial charge < -0.3 is 5.32 Å². The molecule has 0 aliphatic carbocycles. The zero-order chi connectivity index (χ0) is 20.4. The normalized spacial score (nSPS) is 10.8. The van der Waals surface area contributed by atoms with Crippen LogP contribution in [-0.4, -0.2) is 15.7 Å². The predicted octanol–water partition coefficient (Wildman–Crippen LogP) is 4.66. The van der Waals surface area contributed by atoms with Gasteiger partial charge in [0.1, 0.15) is 6.54 Å². The van der Waals surface area contributed by atoms with Gasteiger partial charge in [0.25, 0.3) is 5.56 Å². The number of fused-ring (bicyclic) bond motifs is 1. The van der Waals surface area contributed by atoms with E-state index in [1.54, 1.807) is 18.2 Å². The van der Waals surface area contributed by atoms with E-state index in [0.29, 0.717) is 16.4 Å². The van der Waals surface area contributed by atoms with Crippen LogP contribution in [0.25, 0.3) is 22.0 Å². The molecule has 6 heteroatoms. The Hall–Kier alpha value is -3.44. The number of hydrogen-bond acceptors (Lipinski definition) is 3. The van der Waals surface area contributed by atoms with Crippen molar-refractivity contribution >= 4 is 34.0 Å². The summed E-state index contributed by atoms with van der Waals surface area (Å²) in [6.45, 7) is 1.70. The summed E-state index contributed by atoms with van der Waals surface area (Å²) in [5.74, 6) is -0.352. The van der Waals surface area contributed by atoms with E-state index in [9.17, 15) is 9.59 Å². The molecule has 0 aliphatic rings. The Morgan fingerprint density at radius 3 is 2.59 bits per heavy atom. The van der Waals surface area contributed by atoms with Crippen molar-refractivity contribution in [2.24, 2.45) is 0 Å². The first-order valence-corrected chi connectivity index (χ1v) is 9.51. The van der Waals surface area contributed by atoms with Crippen molar-refractivity contribution in [2.75, 3.05) is 5.32 Å². The molecule has 4 aromatic rings. The van der Waals surface area contributed by atoms with E-state index in [1.165, 1.54) is 6.07 Å². The third kappa shape index (κ3) is 4.20. The van der Waals surface area contributed by atoms with Crippen molar-refractivity contribution < 1.29 is 4.79 Å². The van der Waals surface area contributed by atoms with Crippen LogP contribution < -0.4 is 10.9 Å². The van der Waals surface area contributed by atoms with Gasteiger partial charge in [0.2, 0.25) is 5.91 Å². The molecular weight excluding hydrogens is 386 g/mol. The molecule has 5 nitrogen and oxygen atoms in total. The van der Waals surface area contributed by atoms with E-state index in [0.717, 1.165) is 26.6 Å². The Bertz CT molecular complexity index is 1280. The van der Waals surface area contributed by atoms with Crippen LogP contribution in [0.2, 0.25) is 5.02 Å². The van der Waals surface area contributed by atoms with Gasteiger partial charge in [-0.2, -0.15) is 5.10 Å². The average Bonchev–Trinajstić information content (AvgIpc) is 2.72. The van der Waals surface area contributed by atoms with E-state index < -0.39 is 0 Å². The molecule has 0 atom stereocenters.